The molecule has 3 aromatic rings. The Morgan fingerprint density at radius 3 is 2.83 bits per heavy atom. The van der Waals surface area contributed by atoms with Crippen LogP contribution in [0.25, 0.3) is 22.1 Å². The molecule has 6 rings (SSSR count). The molecular formula is C11H5N2O3PS. The number of furan rings is 2. The van der Waals surface area contributed by atoms with Crippen LogP contribution in [-0.2, 0) is 4.57 Å². The summed E-state index contributed by atoms with van der Waals surface area (Å²) in [6, 6.07) is 3.65. The van der Waals surface area contributed by atoms with Crippen molar-refractivity contribution in [3.63, 3.8) is 0 Å². The van der Waals surface area contributed by atoms with Gasteiger partial charge in [-0.05, 0) is 12.1 Å². The normalized spacial score (nSPS) is 22.0. The van der Waals surface area contributed by atoms with Gasteiger partial charge in [0.2, 0.25) is 7.14 Å². The highest BCUT2D eigenvalue weighted by Crippen LogP contribution is 2.70. The van der Waals surface area contributed by atoms with Gasteiger partial charge in [0.25, 0.3) is 0 Å². The first kappa shape index (κ1) is 9.19. The average Bonchev–Trinajstić information content (AvgIpc) is 2.88. The fraction of sp³-hybridized carbons (Fsp3) is 0. The van der Waals surface area contributed by atoms with Gasteiger partial charge < -0.3 is 19.1 Å². The number of thiazole rings is 1. The topological polar surface area (TPSA) is 82.3 Å². The molecule has 0 spiro atoms. The smallest absolute Gasteiger partial charge is 0.214 e. The Labute approximate surface area is 105 Å². The highest BCUT2D eigenvalue weighted by molar-refractivity contribution is 8.06. The molecular weight excluding hydrogens is 271 g/mol. The molecule has 1 unspecified atom stereocenters. The molecule has 0 amide bonds. The van der Waals surface area contributed by atoms with Gasteiger partial charge in [0.05, 0.1) is 16.9 Å². The van der Waals surface area contributed by atoms with Crippen molar-refractivity contribution in [3.8, 4) is 22.1 Å². The lowest BCUT2D eigenvalue weighted by atomic mass is 10.2. The number of hydrogen-bond donors (Lipinski definition) is 1. The second-order valence-electron chi connectivity index (χ2n) is 4.25. The number of nitrogens with zero attached hydrogens (tertiary/aromatic N) is 1. The van der Waals surface area contributed by atoms with E-state index >= 15 is 0 Å². The van der Waals surface area contributed by atoms with Crippen LogP contribution in [0.15, 0.2) is 27.2 Å². The van der Waals surface area contributed by atoms with Crippen molar-refractivity contribution in [3.05, 3.63) is 18.4 Å². The third-order valence-corrected chi connectivity index (χ3v) is 6.71. The van der Waals surface area contributed by atoms with E-state index in [9.17, 15) is 4.57 Å². The summed E-state index contributed by atoms with van der Waals surface area (Å²) >= 11 is 1.34. The molecule has 0 saturated carbocycles. The summed E-state index contributed by atoms with van der Waals surface area (Å²) in [5, 5.41) is 2.23. The van der Waals surface area contributed by atoms with Crippen molar-refractivity contribution >= 4 is 39.7 Å². The maximum Gasteiger partial charge on any atom is 0.214 e. The fourth-order valence-electron chi connectivity index (χ4n) is 2.33. The minimum atomic E-state index is -2.22. The van der Waals surface area contributed by atoms with Crippen LogP contribution in [0.4, 0.5) is 5.13 Å². The number of nitrogens with two attached hydrogens (primary N) is 1. The molecule has 0 aliphatic carbocycles. The molecule has 3 aromatic heterocycles. The van der Waals surface area contributed by atoms with E-state index in [0.717, 1.165) is 15.5 Å². The van der Waals surface area contributed by atoms with E-state index < -0.39 is 7.14 Å². The van der Waals surface area contributed by atoms with Crippen molar-refractivity contribution in [2.45, 2.75) is 0 Å². The van der Waals surface area contributed by atoms with Crippen LogP contribution in [0.5, 0.6) is 0 Å². The number of fused-ring (bicyclic) bond motifs is 1. The maximum atomic E-state index is 12.0. The van der Waals surface area contributed by atoms with Gasteiger partial charge in [0.1, 0.15) is 16.3 Å². The molecule has 3 aliphatic heterocycles. The molecule has 3 aliphatic rings. The molecule has 7 heteroatoms. The Morgan fingerprint density at radius 1 is 1.39 bits per heavy atom. The molecule has 0 saturated heterocycles. The highest BCUT2D eigenvalue weighted by Gasteiger charge is 2.75. The minimum absolute atomic E-state index is 0.445. The highest BCUT2D eigenvalue weighted by atomic mass is 32.1. The van der Waals surface area contributed by atoms with Gasteiger partial charge in [-0.25, -0.2) is 4.98 Å². The molecule has 0 aromatic carbocycles. The summed E-state index contributed by atoms with van der Waals surface area (Å²) < 4.78 is 22.9. The quantitative estimate of drug-likeness (QED) is 0.494. The standard InChI is InChI=1S/C11H5N2O3PS/c12-11-13-5(9(18-11)4-2-1-3-15-4)6-7-8-10(16-6)17(7,8)14/h1-3H,(H2,12,13). The zero-order chi connectivity index (χ0) is 12.1. The molecule has 5 nitrogen and oxygen atoms in total. The number of hydrogen-bond acceptors (Lipinski definition) is 6. The largest absolute Gasteiger partial charge is 0.463 e. The van der Waals surface area contributed by atoms with E-state index in [1.54, 1.807) is 12.3 Å². The van der Waals surface area contributed by atoms with E-state index in [1.165, 1.54) is 11.3 Å². The summed E-state index contributed by atoms with van der Waals surface area (Å²) in [7, 11) is -2.22. The number of aromatic nitrogens is 1. The Kier molecular flexibility index (Phi) is 1.27. The van der Waals surface area contributed by atoms with Gasteiger partial charge >= 0.3 is 0 Å². The van der Waals surface area contributed by atoms with Crippen LogP contribution < -0.4 is 21.8 Å². The fourth-order valence-corrected chi connectivity index (χ4v) is 5.61. The maximum absolute atomic E-state index is 12.0. The summed E-state index contributed by atoms with van der Waals surface area (Å²) in [6.45, 7) is 0. The number of anilines is 1. The van der Waals surface area contributed by atoms with Gasteiger partial charge in [0.15, 0.2) is 16.4 Å². The predicted octanol–water partition coefficient (Wildman–Crippen LogP) is 1.51. The summed E-state index contributed by atoms with van der Waals surface area (Å²) in [6.07, 6.45) is 1.60. The number of rotatable bonds is 2. The number of nitrogen functional groups attached to an aromatic ring is 1. The van der Waals surface area contributed by atoms with Crippen molar-refractivity contribution in [2.24, 2.45) is 0 Å². The van der Waals surface area contributed by atoms with E-state index in [0.29, 0.717) is 27.8 Å². The Bertz CT molecular complexity index is 866. The average molecular weight is 276 g/mol. The van der Waals surface area contributed by atoms with Gasteiger partial charge in [-0.15, -0.1) is 0 Å². The minimum Gasteiger partial charge on any atom is -0.463 e. The van der Waals surface area contributed by atoms with Crippen molar-refractivity contribution < 1.29 is 13.4 Å². The monoisotopic (exact) mass is 276 g/mol. The second kappa shape index (κ2) is 2.48. The summed E-state index contributed by atoms with van der Waals surface area (Å²) in [5.41, 5.74) is 7.07. The van der Waals surface area contributed by atoms with Crippen molar-refractivity contribution in [1.29, 1.82) is 0 Å². The zero-order valence-corrected chi connectivity index (χ0v) is 10.5. The molecule has 6 heterocycles. The zero-order valence-electron chi connectivity index (χ0n) is 8.84. The Balaban J connectivity index is 1.77. The van der Waals surface area contributed by atoms with Crippen LogP contribution in [0.3, 0.4) is 0 Å². The second-order valence-corrected chi connectivity index (χ2v) is 7.80. The SMILES string of the molecule is Nc1nc(-c2oc3c4c2P34=O)c(-c2ccco2)s1. The van der Waals surface area contributed by atoms with E-state index in [2.05, 4.69) is 4.98 Å². The Morgan fingerprint density at radius 2 is 2.22 bits per heavy atom. The van der Waals surface area contributed by atoms with Crippen LogP contribution in [0.1, 0.15) is 0 Å². The molecule has 1 atom stereocenters. The molecule has 18 heavy (non-hydrogen) atoms. The lowest BCUT2D eigenvalue weighted by Crippen LogP contribution is -1.96. The van der Waals surface area contributed by atoms with Gasteiger partial charge in [-0.3, -0.25) is 0 Å². The van der Waals surface area contributed by atoms with E-state index in [-0.39, 0.29) is 0 Å². The van der Waals surface area contributed by atoms with E-state index in [1.807, 2.05) is 6.07 Å². The third-order valence-electron chi connectivity index (χ3n) is 3.26. The third kappa shape index (κ3) is 0.815. The van der Waals surface area contributed by atoms with Crippen molar-refractivity contribution in [1.82, 2.24) is 4.98 Å². The lowest BCUT2D eigenvalue weighted by Gasteiger charge is -1.94. The first-order chi connectivity index (χ1) is 8.71. The molecule has 88 valence electrons. The first-order valence-corrected chi connectivity index (χ1v) is 7.82. The van der Waals surface area contributed by atoms with Crippen LogP contribution in [0, 0.1) is 0 Å². The van der Waals surface area contributed by atoms with Crippen LogP contribution in [-0.4, -0.2) is 4.98 Å². The van der Waals surface area contributed by atoms with Gasteiger partial charge in [-0.2, -0.15) is 0 Å². The predicted molar refractivity (Wildman–Crippen MR) is 68.4 cm³/mol. The summed E-state index contributed by atoms with van der Waals surface area (Å²) in [4.78, 5) is 5.10. The van der Waals surface area contributed by atoms with Crippen LogP contribution >= 0.6 is 18.5 Å². The van der Waals surface area contributed by atoms with Gasteiger partial charge in [0, 0.05) is 0 Å². The first-order valence-electron chi connectivity index (χ1n) is 5.30. The molecule has 2 bridgehead atoms. The lowest BCUT2D eigenvalue weighted by molar-refractivity contribution is 0.582. The van der Waals surface area contributed by atoms with Crippen molar-refractivity contribution in [2.75, 3.05) is 5.73 Å². The molecule has 0 fully saturated rings. The van der Waals surface area contributed by atoms with Gasteiger partial charge in [-0.1, -0.05) is 11.3 Å². The molecule has 0 radical (unpaired) electrons. The molecule has 2 N–H and O–H groups in total. The van der Waals surface area contributed by atoms with E-state index in [4.69, 9.17) is 14.6 Å². The summed E-state index contributed by atoms with van der Waals surface area (Å²) in [5.74, 6) is 1.31. The van der Waals surface area contributed by atoms with Crippen LogP contribution in [0.2, 0.25) is 0 Å². The Hall–Kier alpha value is -1.78.